The number of amides is 2. The summed E-state index contributed by atoms with van der Waals surface area (Å²) in [7, 11) is 1.83. The fraction of sp³-hybridized carbons (Fsp3) is 0.375. The van der Waals surface area contributed by atoms with E-state index in [1.54, 1.807) is 10.9 Å². The van der Waals surface area contributed by atoms with Gasteiger partial charge in [0.05, 0.1) is 6.20 Å². The molecule has 0 fully saturated rings. The van der Waals surface area contributed by atoms with Crippen LogP contribution in [0.2, 0.25) is 0 Å². The number of rotatable bonds is 1. The van der Waals surface area contributed by atoms with E-state index in [9.17, 15) is 4.79 Å². The van der Waals surface area contributed by atoms with Crippen LogP contribution in [-0.2, 0) is 13.5 Å². The molecule has 21 heavy (non-hydrogen) atoms. The molecule has 0 aliphatic carbocycles. The molecule has 1 aliphatic heterocycles. The van der Waals surface area contributed by atoms with Gasteiger partial charge in [0.15, 0.2) is 0 Å². The number of aromatic nitrogens is 2. The van der Waals surface area contributed by atoms with Gasteiger partial charge in [0.25, 0.3) is 0 Å². The van der Waals surface area contributed by atoms with Crippen LogP contribution >= 0.6 is 0 Å². The van der Waals surface area contributed by atoms with Crippen molar-refractivity contribution in [1.82, 2.24) is 9.78 Å². The van der Waals surface area contributed by atoms with Crippen molar-refractivity contribution in [2.24, 2.45) is 7.05 Å². The zero-order valence-corrected chi connectivity index (χ0v) is 12.5. The van der Waals surface area contributed by atoms with E-state index in [-0.39, 0.29) is 6.03 Å². The van der Waals surface area contributed by atoms with E-state index in [1.165, 1.54) is 5.56 Å². The maximum atomic E-state index is 12.7. The summed E-state index contributed by atoms with van der Waals surface area (Å²) in [5, 5.41) is 7.14. The van der Waals surface area contributed by atoms with Crippen molar-refractivity contribution in [2.75, 3.05) is 16.8 Å². The van der Waals surface area contributed by atoms with Crippen LogP contribution in [0, 0.1) is 6.92 Å². The van der Waals surface area contributed by atoms with E-state index in [0.29, 0.717) is 0 Å². The molecular weight excluding hydrogens is 264 g/mol. The molecule has 0 unspecified atom stereocenters. The zero-order chi connectivity index (χ0) is 14.8. The summed E-state index contributed by atoms with van der Waals surface area (Å²) in [6, 6.07) is 8.06. The van der Waals surface area contributed by atoms with Crippen molar-refractivity contribution >= 4 is 17.5 Å². The molecule has 0 bridgehead atoms. The first kappa shape index (κ1) is 13.7. The third-order valence-electron chi connectivity index (χ3n) is 3.95. The van der Waals surface area contributed by atoms with Crippen LogP contribution < -0.4 is 10.2 Å². The average Bonchev–Trinajstić information content (AvgIpc) is 2.70. The van der Waals surface area contributed by atoms with E-state index in [0.717, 1.165) is 42.9 Å². The third kappa shape index (κ3) is 2.63. The molecule has 0 saturated heterocycles. The zero-order valence-electron chi connectivity index (χ0n) is 12.5. The molecule has 0 radical (unpaired) electrons. The summed E-state index contributed by atoms with van der Waals surface area (Å²) >= 11 is 0. The van der Waals surface area contributed by atoms with Crippen molar-refractivity contribution in [3.05, 3.63) is 41.6 Å². The highest BCUT2D eigenvalue weighted by atomic mass is 16.2. The summed E-state index contributed by atoms with van der Waals surface area (Å²) in [4.78, 5) is 14.5. The van der Waals surface area contributed by atoms with Gasteiger partial charge < -0.3 is 0 Å². The second kappa shape index (κ2) is 5.60. The Morgan fingerprint density at radius 2 is 2.10 bits per heavy atom. The first-order chi connectivity index (χ1) is 10.2. The summed E-state index contributed by atoms with van der Waals surface area (Å²) in [5.74, 6) is 0.752. The van der Waals surface area contributed by atoms with Crippen LogP contribution in [0.25, 0.3) is 0 Å². The van der Waals surface area contributed by atoms with Crippen LogP contribution in [0.1, 0.15) is 24.0 Å². The molecule has 2 heterocycles. The molecule has 2 aromatic rings. The van der Waals surface area contributed by atoms with E-state index in [2.05, 4.69) is 16.5 Å². The molecule has 5 heteroatoms. The highest BCUT2D eigenvalue weighted by Crippen LogP contribution is 2.27. The monoisotopic (exact) mass is 284 g/mol. The number of nitrogens with one attached hydrogen (secondary N) is 1. The molecule has 0 atom stereocenters. The lowest BCUT2D eigenvalue weighted by Gasteiger charge is -2.23. The molecule has 5 nitrogen and oxygen atoms in total. The third-order valence-corrected chi connectivity index (χ3v) is 3.95. The number of hydrogen-bond donors (Lipinski definition) is 1. The maximum absolute atomic E-state index is 12.7. The smallest absolute Gasteiger partial charge is 0.294 e. The Labute approximate surface area is 124 Å². The van der Waals surface area contributed by atoms with Crippen molar-refractivity contribution in [2.45, 2.75) is 26.2 Å². The maximum Gasteiger partial charge on any atom is 0.327 e. The Bertz CT molecular complexity index is 643. The summed E-state index contributed by atoms with van der Waals surface area (Å²) in [6.07, 6.45) is 4.93. The van der Waals surface area contributed by atoms with E-state index >= 15 is 0 Å². The number of aryl methyl sites for hydroxylation is 3. The van der Waals surface area contributed by atoms with Gasteiger partial charge in [0.2, 0.25) is 0 Å². The van der Waals surface area contributed by atoms with Gasteiger partial charge in [0.1, 0.15) is 5.82 Å². The van der Waals surface area contributed by atoms with Crippen molar-refractivity contribution in [3.63, 3.8) is 0 Å². The van der Waals surface area contributed by atoms with Crippen molar-refractivity contribution in [3.8, 4) is 0 Å². The molecule has 3 rings (SSSR count). The van der Waals surface area contributed by atoms with Gasteiger partial charge in [-0.3, -0.25) is 14.9 Å². The van der Waals surface area contributed by atoms with Gasteiger partial charge in [-0.25, -0.2) is 4.79 Å². The summed E-state index contributed by atoms with van der Waals surface area (Å²) < 4.78 is 1.69. The highest BCUT2D eigenvalue weighted by molar-refractivity contribution is 6.02. The first-order valence-corrected chi connectivity index (χ1v) is 7.32. The van der Waals surface area contributed by atoms with Crippen LogP contribution in [0.3, 0.4) is 0 Å². The molecule has 0 spiro atoms. The Kier molecular flexibility index (Phi) is 3.64. The first-order valence-electron chi connectivity index (χ1n) is 7.32. The van der Waals surface area contributed by atoms with Crippen LogP contribution in [0.5, 0.6) is 0 Å². The lowest BCUT2D eigenvalue weighted by atomic mass is 10.1. The van der Waals surface area contributed by atoms with Crippen LogP contribution in [0.15, 0.2) is 30.5 Å². The topological polar surface area (TPSA) is 50.2 Å². The number of hydrogen-bond acceptors (Lipinski definition) is 2. The minimum absolute atomic E-state index is 0.0870. The van der Waals surface area contributed by atoms with Gasteiger partial charge in [-0.1, -0.05) is 18.2 Å². The highest BCUT2D eigenvalue weighted by Gasteiger charge is 2.22. The largest absolute Gasteiger partial charge is 0.327 e. The number of carbonyl (C=O) groups excluding carboxylic acids is 1. The predicted molar refractivity (Wildman–Crippen MR) is 83.7 cm³/mol. The minimum Gasteiger partial charge on any atom is -0.294 e. The average molecular weight is 284 g/mol. The Hall–Kier alpha value is -2.30. The second-order valence-corrected chi connectivity index (χ2v) is 5.47. The lowest BCUT2D eigenvalue weighted by molar-refractivity contribution is 0.256. The Morgan fingerprint density at radius 3 is 2.86 bits per heavy atom. The van der Waals surface area contributed by atoms with Crippen molar-refractivity contribution in [1.29, 1.82) is 0 Å². The van der Waals surface area contributed by atoms with Gasteiger partial charge >= 0.3 is 6.03 Å². The number of anilines is 2. The molecule has 1 aromatic heterocycles. The van der Waals surface area contributed by atoms with E-state index in [4.69, 9.17) is 0 Å². The van der Waals surface area contributed by atoms with Crippen molar-refractivity contribution < 1.29 is 4.79 Å². The quantitative estimate of drug-likeness (QED) is 0.874. The van der Waals surface area contributed by atoms with Crippen LogP contribution in [0.4, 0.5) is 16.3 Å². The molecule has 1 aromatic carbocycles. The van der Waals surface area contributed by atoms with Crippen LogP contribution in [-0.4, -0.2) is 22.4 Å². The number of para-hydroxylation sites is 1. The van der Waals surface area contributed by atoms with Gasteiger partial charge in [0, 0.05) is 24.8 Å². The Balaban J connectivity index is 1.88. The number of fused-ring (bicyclic) bond motifs is 1. The summed E-state index contributed by atoms with van der Waals surface area (Å²) in [6.45, 7) is 2.69. The van der Waals surface area contributed by atoms with Gasteiger partial charge in [-0.05, 0) is 37.8 Å². The van der Waals surface area contributed by atoms with E-state index < -0.39 is 0 Å². The number of nitrogens with zero attached hydrogens (tertiary/aromatic N) is 3. The summed E-state index contributed by atoms with van der Waals surface area (Å²) in [5.41, 5.74) is 3.23. The minimum atomic E-state index is -0.0870. The number of urea groups is 1. The fourth-order valence-electron chi connectivity index (χ4n) is 2.80. The standard InChI is InChI=1S/C16H20N4O/c1-12-11-17-19(2)15(12)18-16(21)20-10-6-5-8-13-7-3-4-9-14(13)20/h3-4,7,9,11H,5-6,8,10H2,1-2H3,(H,18,21). The van der Waals surface area contributed by atoms with Gasteiger partial charge in [-0.2, -0.15) is 5.10 Å². The second-order valence-electron chi connectivity index (χ2n) is 5.47. The molecular formula is C16H20N4O. The number of carbonyl (C=O) groups is 1. The fourth-order valence-corrected chi connectivity index (χ4v) is 2.80. The van der Waals surface area contributed by atoms with E-state index in [1.807, 2.05) is 37.1 Å². The molecule has 1 N–H and O–H groups in total. The van der Waals surface area contributed by atoms with Gasteiger partial charge in [-0.15, -0.1) is 0 Å². The predicted octanol–water partition coefficient (Wildman–Crippen LogP) is 3.10. The normalized spacial score (nSPS) is 14.5. The SMILES string of the molecule is Cc1cnn(C)c1NC(=O)N1CCCCc2ccccc21. The molecule has 2 amide bonds. The lowest BCUT2D eigenvalue weighted by Crippen LogP contribution is -2.36. The molecule has 110 valence electrons. The Morgan fingerprint density at radius 1 is 1.29 bits per heavy atom. The molecule has 1 aliphatic rings. The number of benzene rings is 1. The molecule has 0 saturated carbocycles.